The number of nitrogens with one attached hydrogen (secondary N) is 1. The highest BCUT2D eigenvalue weighted by molar-refractivity contribution is 7.90. The lowest BCUT2D eigenvalue weighted by Crippen LogP contribution is -2.43. The van der Waals surface area contributed by atoms with Crippen LogP contribution in [0.1, 0.15) is 25.7 Å². The molecule has 2 fully saturated rings. The molecule has 0 amide bonds. The Labute approximate surface area is 127 Å². The van der Waals surface area contributed by atoms with Crippen LogP contribution < -0.4 is 5.32 Å². The van der Waals surface area contributed by atoms with Crippen LogP contribution in [0.25, 0.3) is 0 Å². The fourth-order valence-electron chi connectivity index (χ4n) is 3.08. The van der Waals surface area contributed by atoms with E-state index in [0.717, 1.165) is 19.0 Å². The molecule has 122 valence electrons. The van der Waals surface area contributed by atoms with E-state index in [2.05, 4.69) is 15.2 Å². The highest BCUT2D eigenvalue weighted by Gasteiger charge is 2.43. The molecule has 0 bridgehead atoms. The molecule has 0 atom stereocenters. The van der Waals surface area contributed by atoms with Gasteiger partial charge in [-0.3, -0.25) is 4.99 Å². The number of hydrogen-bond acceptors (Lipinski definition) is 4. The first kappa shape index (κ1) is 16.5. The Kier molecular flexibility index (Phi) is 5.48. The summed E-state index contributed by atoms with van der Waals surface area (Å²) in [6.45, 7) is 3.59. The second-order valence-corrected chi connectivity index (χ2v) is 8.50. The van der Waals surface area contributed by atoms with Crippen LogP contribution in [0.15, 0.2) is 4.99 Å². The van der Waals surface area contributed by atoms with Crippen LogP contribution in [0.3, 0.4) is 0 Å². The van der Waals surface area contributed by atoms with Gasteiger partial charge in [-0.05, 0) is 24.7 Å². The zero-order valence-corrected chi connectivity index (χ0v) is 13.9. The van der Waals surface area contributed by atoms with Crippen molar-refractivity contribution in [3.8, 4) is 0 Å². The fraction of sp³-hybridized carbons (Fsp3) is 0.929. The van der Waals surface area contributed by atoms with Crippen molar-refractivity contribution >= 4 is 15.8 Å². The summed E-state index contributed by atoms with van der Waals surface area (Å²) in [5, 5.41) is 3.30. The minimum absolute atomic E-state index is 0.0797. The lowest BCUT2D eigenvalue weighted by molar-refractivity contribution is 0.148. The summed E-state index contributed by atoms with van der Waals surface area (Å²) < 4.78 is 27.3. The molecule has 1 heterocycles. The van der Waals surface area contributed by atoms with Gasteiger partial charge in [0.2, 0.25) is 0 Å². The molecular formula is C14H27N3O3S. The predicted octanol–water partition coefficient (Wildman–Crippen LogP) is 0.499. The van der Waals surface area contributed by atoms with Crippen molar-refractivity contribution in [1.82, 2.24) is 10.2 Å². The number of guanidine groups is 1. The van der Waals surface area contributed by atoms with Crippen molar-refractivity contribution in [1.29, 1.82) is 0 Å². The smallest absolute Gasteiger partial charge is 0.193 e. The molecule has 6 nitrogen and oxygen atoms in total. The minimum Gasteiger partial charge on any atom is -0.379 e. The number of hydrogen-bond donors (Lipinski definition) is 1. The fourth-order valence-corrected chi connectivity index (χ4v) is 3.50. The van der Waals surface area contributed by atoms with Crippen LogP contribution >= 0.6 is 0 Å². The van der Waals surface area contributed by atoms with Crippen LogP contribution in [0.2, 0.25) is 0 Å². The van der Waals surface area contributed by atoms with Crippen molar-refractivity contribution in [3.05, 3.63) is 0 Å². The van der Waals surface area contributed by atoms with E-state index in [4.69, 9.17) is 4.74 Å². The van der Waals surface area contributed by atoms with Gasteiger partial charge in [0.05, 0.1) is 19.0 Å². The second kappa shape index (κ2) is 6.96. The Morgan fingerprint density at radius 3 is 2.62 bits per heavy atom. The van der Waals surface area contributed by atoms with Gasteiger partial charge in [0.25, 0.3) is 0 Å². The van der Waals surface area contributed by atoms with Gasteiger partial charge in [-0.1, -0.05) is 6.42 Å². The van der Waals surface area contributed by atoms with Crippen LogP contribution in [-0.2, 0) is 14.6 Å². The van der Waals surface area contributed by atoms with E-state index in [1.165, 1.54) is 31.9 Å². The summed E-state index contributed by atoms with van der Waals surface area (Å²) >= 11 is 0. The first-order valence-corrected chi connectivity index (χ1v) is 9.71. The first-order chi connectivity index (χ1) is 9.94. The monoisotopic (exact) mass is 317 g/mol. The van der Waals surface area contributed by atoms with Crippen molar-refractivity contribution in [2.75, 3.05) is 51.9 Å². The molecule has 7 heteroatoms. The number of rotatable bonds is 6. The van der Waals surface area contributed by atoms with Gasteiger partial charge < -0.3 is 15.0 Å². The van der Waals surface area contributed by atoms with Crippen LogP contribution in [0, 0.1) is 5.41 Å². The maximum atomic E-state index is 11.0. The van der Waals surface area contributed by atoms with E-state index < -0.39 is 9.84 Å². The van der Waals surface area contributed by atoms with Gasteiger partial charge in [-0.15, -0.1) is 0 Å². The summed E-state index contributed by atoms with van der Waals surface area (Å²) in [4.78, 5) is 6.66. The lowest BCUT2D eigenvalue weighted by atomic mass is 9.68. The van der Waals surface area contributed by atoms with Gasteiger partial charge in [0, 0.05) is 32.9 Å². The molecule has 2 rings (SSSR count). The van der Waals surface area contributed by atoms with E-state index in [-0.39, 0.29) is 12.4 Å². The standard InChI is InChI=1S/C14H27N3O3S/c1-15-13(16-7-9-20-10-11-21(2,18)19)17-8-6-14(12-17)4-3-5-14/h3-12H2,1-2H3,(H,15,16). The maximum Gasteiger partial charge on any atom is 0.193 e. The molecular weight excluding hydrogens is 290 g/mol. The zero-order chi connectivity index (χ0) is 15.3. The van der Waals surface area contributed by atoms with Crippen LogP contribution in [0.4, 0.5) is 0 Å². The highest BCUT2D eigenvalue weighted by atomic mass is 32.2. The molecule has 21 heavy (non-hydrogen) atoms. The molecule has 0 unspecified atom stereocenters. The normalized spacial score (nSPS) is 21.6. The summed E-state index contributed by atoms with van der Waals surface area (Å²) in [6, 6.07) is 0. The number of aliphatic imine (C=N–C) groups is 1. The van der Waals surface area contributed by atoms with E-state index in [1.807, 2.05) is 0 Å². The van der Waals surface area contributed by atoms with Gasteiger partial charge in [-0.25, -0.2) is 8.42 Å². The Bertz CT molecular complexity index is 472. The molecule has 0 aromatic rings. The topological polar surface area (TPSA) is 71.0 Å². The molecule has 0 radical (unpaired) electrons. The van der Waals surface area contributed by atoms with Gasteiger partial charge >= 0.3 is 0 Å². The van der Waals surface area contributed by atoms with Crippen molar-refractivity contribution < 1.29 is 13.2 Å². The molecule has 0 aromatic carbocycles. The number of ether oxygens (including phenoxy) is 1. The molecule has 0 aromatic heterocycles. The molecule has 1 aliphatic carbocycles. The van der Waals surface area contributed by atoms with Gasteiger partial charge in [0.1, 0.15) is 9.84 Å². The molecule has 1 spiro atoms. The molecule has 1 N–H and O–H groups in total. The predicted molar refractivity (Wildman–Crippen MR) is 84.4 cm³/mol. The van der Waals surface area contributed by atoms with Crippen molar-refractivity contribution in [2.45, 2.75) is 25.7 Å². The molecule has 1 aliphatic heterocycles. The first-order valence-electron chi connectivity index (χ1n) is 7.65. The highest BCUT2D eigenvalue weighted by Crippen LogP contribution is 2.47. The Balaban J connectivity index is 1.62. The number of nitrogens with zero attached hydrogens (tertiary/aromatic N) is 2. The maximum absolute atomic E-state index is 11.0. The van der Waals surface area contributed by atoms with Crippen LogP contribution in [0.5, 0.6) is 0 Å². The van der Waals surface area contributed by atoms with Crippen molar-refractivity contribution in [2.24, 2.45) is 10.4 Å². The third-order valence-electron chi connectivity index (χ3n) is 4.49. The van der Waals surface area contributed by atoms with E-state index >= 15 is 0 Å². The third kappa shape index (κ3) is 4.85. The average molecular weight is 317 g/mol. The van der Waals surface area contributed by atoms with Crippen molar-refractivity contribution in [3.63, 3.8) is 0 Å². The SMILES string of the molecule is CN=C(NCCOCCS(C)(=O)=O)N1CCC2(CCC2)C1. The zero-order valence-electron chi connectivity index (χ0n) is 13.1. The second-order valence-electron chi connectivity index (χ2n) is 6.24. The largest absolute Gasteiger partial charge is 0.379 e. The minimum atomic E-state index is -2.93. The third-order valence-corrected chi connectivity index (χ3v) is 5.40. The lowest BCUT2D eigenvalue weighted by Gasteiger charge is -2.38. The quantitative estimate of drug-likeness (QED) is 0.439. The number of likely N-dealkylation sites (tertiary alicyclic amines) is 1. The molecule has 1 saturated carbocycles. The molecule has 2 aliphatic rings. The Morgan fingerprint density at radius 1 is 1.33 bits per heavy atom. The van der Waals surface area contributed by atoms with Gasteiger partial charge in [0.15, 0.2) is 5.96 Å². The Hall–Kier alpha value is -0.820. The summed E-state index contributed by atoms with van der Waals surface area (Å²) in [5.74, 6) is 1.02. The van der Waals surface area contributed by atoms with Gasteiger partial charge in [-0.2, -0.15) is 0 Å². The number of sulfone groups is 1. The van der Waals surface area contributed by atoms with E-state index in [1.54, 1.807) is 7.05 Å². The molecule has 1 saturated heterocycles. The summed E-state index contributed by atoms with van der Waals surface area (Å²) in [6.07, 6.45) is 6.58. The Morgan fingerprint density at radius 2 is 2.10 bits per heavy atom. The van der Waals surface area contributed by atoms with E-state index in [0.29, 0.717) is 18.6 Å². The summed E-state index contributed by atoms with van der Waals surface area (Å²) in [7, 11) is -1.13. The summed E-state index contributed by atoms with van der Waals surface area (Å²) in [5.41, 5.74) is 0.559. The van der Waals surface area contributed by atoms with Crippen LogP contribution in [-0.4, -0.2) is 71.2 Å². The van der Waals surface area contributed by atoms with E-state index in [9.17, 15) is 8.42 Å². The average Bonchev–Trinajstić information content (AvgIpc) is 2.82.